The SMILES string of the molecule is Nc1ccc(CC(=O)N(c2ccccc2)c2ccccc2)nc1. The molecule has 0 aliphatic heterocycles. The van der Waals surface area contributed by atoms with Crippen LogP contribution in [0.5, 0.6) is 0 Å². The number of nitrogens with two attached hydrogens (primary N) is 1. The topological polar surface area (TPSA) is 59.2 Å². The van der Waals surface area contributed by atoms with Gasteiger partial charge >= 0.3 is 0 Å². The van der Waals surface area contributed by atoms with Gasteiger partial charge in [0.15, 0.2) is 0 Å². The summed E-state index contributed by atoms with van der Waals surface area (Å²) in [5.74, 6) is -0.0420. The van der Waals surface area contributed by atoms with Gasteiger partial charge in [-0.15, -0.1) is 0 Å². The summed E-state index contributed by atoms with van der Waals surface area (Å²) < 4.78 is 0. The summed E-state index contributed by atoms with van der Waals surface area (Å²) in [6.07, 6.45) is 1.78. The van der Waals surface area contributed by atoms with Gasteiger partial charge in [-0.3, -0.25) is 14.7 Å². The van der Waals surface area contributed by atoms with Gasteiger partial charge in [-0.25, -0.2) is 0 Å². The predicted octanol–water partition coefficient (Wildman–Crippen LogP) is 3.57. The van der Waals surface area contributed by atoms with Gasteiger partial charge in [0.05, 0.1) is 18.3 Å². The van der Waals surface area contributed by atoms with E-state index in [1.807, 2.05) is 60.7 Å². The standard InChI is InChI=1S/C19H17N3O/c20-15-11-12-16(21-14-15)13-19(23)22(17-7-3-1-4-8-17)18-9-5-2-6-10-18/h1-12,14H,13,20H2. The fraction of sp³-hybridized carbons (Fsp3) is 0.0526. The molecule has 114 valence electrons. The quantitative estimate of drug-likeness (QED) is 0.801. The van der Waals surface area contributed by atoms with Gasteiger partial charge in [0.2, 0.25) is 5.91 Å². The lowest BCUT2D eigenvalue weighted by Crippen LogP contribution is -2.27. The van der Waals surface area contributed by atoms with Crippen molar-refractivity contribution in [3.8, 4) is 0 Å². The molecule has 0 bridgehead atoms. The molecule has 0 spiro atoms. The molecule has 0 unspecified atom stereocenters. The first-order valence-electron chi connectivity index (χ1n) is 7.37. The first-order chi connectivity index (χ1) is 11.2. The third-order valence-electron chi connectivity index (χ3n) is 3.46. The Morgan fingerprint density at radius 1 is 0.870 bits per heavy atom. The second-order valence-electron chi connectivity index (χ2n) is 5.16. The molecule has 0 saturated heterocycles. The van der Waals surface area contributed by atoms with Crippen molar-refractivity contribution >= 4 is 23.0 Å². The van der Waals surface area contributed by atoms with Crippen LogP contribution in [0, 0.1) is 0 Å². The number of nitrogen functional groups attached to an aromatic ring is 1. The number of aromatic nitrogens is 1. The maximum atomic E-state index is 12.9. The number of amides is 1. The van der Waals surface area contributed by atoms with E-state index in [0.29, 0.717) is 11.4 Å². The summed E-state index contributed by atoms with van der Waals surface area (Å²) in [7, 11) is 0. The minimum Gasteiger partial charge on any atom is -0.397 e. The first kappa shape index (κ1) is 14.8. The summed E-state index contributed by atoms with van der Waals surface area (Å²) in [5, 5.41) is 0. The number of benzene rings is 2. The van der Waals surface area contributed by atoms with Crippen molar-refractivity contribution in [2.75, 3.05) is 10.6 Å². The highest BCUT2D eigenvalue weighted by molar-refractivity contribution is 6.01. The zero-order chi connectivity index (χ0) is 16.1. The number of nitrogens with zero attached hydrogens (tertiary/aromatic N) is 2. The maximum Gasteiger partial charge on any atom is 0.237 e. The molecular formula is C19H17N3O. The molecule has 0 atom stereocenters. The molecule has 3 aromatic rings. The Balaban J connectivity index is 1.92. The number of carbonyl (C=O) groups excluding carboxylic acids is 1. The Morgan fingerprint density at radius 3 is 1.91 bits per heavy atom. The summed E-state index contributed by atoms with van der Waals surface area (Å²) in [6.45, 7) is 0. The Bertz CT molecular complexity index is 731. The highest BCUT2D eigenvalue weighted by Gasteiger charge is 2.18. The lowest BCUT2D eigenvalue weighted by Gasteiger charge is -2.23. The van der Waals surface area contributed by atoms with Crippen LogP contribution >= 0.6 is 0 Å². The molecule has 4 nitrogen and oxygen atoms in total. The summed E-state index contributed by atoms with van der Waals surface area (Å²) >= 11 is 0. The molecular weight excluding hydrogens is 286 g/mol. The van der Waals surface area contributed by atoms with Gasteiger partial charge in [0.25, 0.3) is 0 Å². The van der Waals surface area contributed by atoms with Crippen LogP contribution in [0.1, 0.15) is 5.69 Å². The average molecular weight is 303 g/mol. The highest BCUT2D eigenvalue weighted by atomic mass is 16.2. The number of anilines is 3. The van der Waals surface area contributed by atoms with E-state index in [1.165, 1.54) is 0 Å². The van der Waals surface area contributed by atoms with Crippen LogP contribution in [0.15, 0.2) is 79.0 Å². The van der Waals surface area contributed by atoms with E-state index < -0.39 is 0 Å². The predicted molar refractivity (Wildman–Crippen MR) is 92.4 cm³/mol. The normalized spacial score (nSPS) is 10.3. The smallest absolute Gasteiger partial charge is 0.237 e. The lowest BCUT2D eigenvalue weighted by molar-refractivity contribution is -0.117. The second kappa shape index (κ2) is 6.75. The summed E-state index contributed by atoms with van der Waals surface area (Å²) in [5.41, 5.74) is 8.59. The van der Waals surface area contributed by atoms with Crippen LogP contribution in [0.25, 0.3) is 0 Å². The molecule has 3 rings (SSSR count). The second-order valence-corrected chi connectivity index (χ2v) is 5.16. The van der Waals surface area contributed by atoms with Crippen LogP contribution in [-0.2, 0) is 11.2 Å². The molecule has 0 fully saturated rings. The van der Waals surface area contributed by atoms with Crippen molar-refractivity contribution in [3.05, 3.63) is 84.7 Å². The molecule has 2 aromatic carbocycles. The Hall–Kier alpha value is -3.14. The molecule has 0 aliphatic carbocycles. The van der Waals surface area contributed by atoms with E-state index in [2.05, 4.69) is 4.98 Å². The Kier molecular flexibility index (Phi) is 4.34. The molecule has 0 radical (unpaired) electrons. The zero-order valence-electron chi connectivity index (χ0n) is 12.6. The fourth-order valence-electron chi connectivity index (χ4n) is 2.37. The lowest BCUT2D eigenvalue weighted by atomic mass is 10.2. The highest BCUT2D eigenvalue weighted by Crippen LogP contribution is 2.25. The molecule has 2 N–H and O–H groups in total. The molecule has 0 saturated carbocycles. The van der Waals surface area contributed by atoms with Gasteiger partial charge in [-0.2, -0.15) is 0 Å². The molecule has 4 heteroatoms. The third kappa shape index (κ3) is 3.55. The minimum absolute atomic E-state index is 0.0420. The maximum absolute atomic E-state index is 12.9. The van der Waals surface area contributed by atoms with Crippen LogP contribution in [0.3, 0.4) is 0 Å². The van der Waals surface area contributed by atoms with Gasteiger partial charge in [-0.1, -0.05) is 36.4 Å². The third-order valence-corrected chi connectivity index (χ3v) is 3.46. The van der Waals surface area contributed by atoms with E-state index in [-0.39, 0.29) is 12.3 Å². The van der Waals surface area contributed by atoms with Gasteiger partial charge in [-0.05, 0) is 36.4 Å². The van der Waals surface area contributed by atoms with E-state index >= 15 is 0 Å². The van der Waals surface area contributed by atoms with Crippen LogP contribution in [0.2, 0.25) is 0 Å². The number of hydrogen-bond donors (Lipinski definition) is 1. The summed E-state index contributed by atoms with van der Waals surface area (Å²) in [6, 6.07) is 22.7. The van der Waals surface area contributed by atoms with Crippen molar-refractivity contribution < 1.29 is 4.79 Å². The molecule has 1 heterocycles. The number of carbonyl (C=O) groups is 1. The van der Waals surface area contributed by atoms with E-state index in [9.17, 15) is 4.79 Å². The van der Waals surface area contributed by atoms with Crippen molar-refractivity contribution in [2.45, 2.75) is 6.42 Å². The van der Waals surface area contributed by atoms with Crippen molar-refractivity contribution in [1.29, 1.82) is 0 Å². The zero-order valence-corrected chi connectivity index (χ0v) is 12.6. The molecule has 1 amide bonds. The fourth-order valence-corrected chi connectivity index (χ4v) is 2.37. The number of rotatable bonds is 4. The van der Waals surface area contributed by atoms with Crippen molar-refractivity contribution in [3.63, 3.8) is 0 Å². The number of pyridine rings is 1. The summed E-state index contributed by atoms with van der Waals surface area (Å²) in [4.78, 5) is 18.8. The first-order valence-corrected chi connectivity index (χ1v) is 7.37. The van der Waals surface area contributed by atoms with Crippen LogP contribution < -0.4 is 10.6 Å². The molecule has 23 heavy (non-hydrogen) atoms. The van der Waals surface area contributed by atoms with Gasteiger partial charge in [0.1, 0.15) is 0 Å². The Labute approximate surface area is 135 Å². The van der Waals surface area contributed by atoms with Crippen LogP contribution in [0.4, 0.5) is 17.1 Å². The minimum atomic E-state index is -0.0420. The number of para-hydroxylation sites is 2. The monoisotopic (exact) mass is 303 g/mol. The largest absolute Gasteiger partial charge is 0.397 e. The molecule has 0 aliphatic rings. The van der Waals surface area contributed by atoms with Gasteiger partial charge in [0, 0.05) is 17.1 Å². The van der Waals surface area contributed by atoms with Crippen molar-refractivity contribution in [2.24, 2.45) is 0 Å². The average Bonchev–Trinajstić information content (AvgIpc) is 2.59. The Morgan fingerprint density at radius 2 is 1.43 bits per heavy atom. The van der Waals surface area contributed by atoms with E-state index in [0.717, 1.165) is 11.4 Å². The van der Waals surface area contributed by atoms with E-state index in [4.69, 9.17) is 5.73 Å². The van der Waals surface area contributed by atoms with Crippen LogP contribution in [-0.4, -0.2) is 10.9 Å². The molecule has 1 aromatic heterocycles. The number of hydrogen-bond acceptors (Lipinski definition) is 3. The van der Waals surface area contributed by atoms with Gasteiger partial charge < -0.3 is 5.73 Å². The van der Waals surface area contributed by atoms with Crippen molar-refractivity contribution in [1.82, 2.24) is 4.98 Å². The van der Waals surface area contributed by atoms with E-state index in [1.54, 1.807) is 23.2 Å².